The van der Waals surface area contributed by atoms with Gasteiger partial charge in [0.15, 0.2) is 5.82 Å². The summed E-state index contributed by atoms with van der Waals surface area (Å²) in [6.45, 7) is 0. The maximum Gasteiger partial charge on any atom is 0.159 e. The van der Waals surface area contributed by atoms with Gasteiger partial charge in [-0.3, -0.25) is 0 Å². The molecule has 0 saturated heterocycles. The zero-order valence-electron chi connectivity index (χ0n) is 9.91. The van der Waals surface area contributed by atoms with Crippen LogP contribution in [0.4, 0.5) is 5.69 Å². The maximum absolute atomic E-state index is 8.64. The van der Waals surface area contributed by atoms with Gasteiger partial charge in [-0.05, 0) is 18.2 Å². The van der Waals surface area contributed by atoms with Gasteiger partial charge in [0, 0.05) is 29.8 Å². The van der Waals surface area contributed by atoms with Crippen LogP contribution in [0.5, 0.6) is 0 Å². The SMILES string of the molecule is N#CC(C#N)=CNc1cccc(-c2ncccn2)c1. The Morgan fingerprint density at radius 2 is 1.84 bits per heavy atom. The molecule has 0 radical (unpaired) electrons. The van der Waals surface area contributed by atoms with E-state index in [0.29, 0.717) is 5.82 Å². The van der Waals surface area contributed by atoms with Gasteiger partial charge < -0.3 is 5.32 Å². The zero-order chi connectivity index (χ0) is 13.5. The van der Waals surface area contributed by atoms with Crippen LogP contribution in [-0.4, -0.2) is 9.97 Å². The van der Waals surface area contributed by atoms with Gasteiger partial charge >= 0.3 is 0 Å². The van der Waals surface area contributed by atoms with E-state index >= 15 is 0 Å². The van der Waals surface area contributed by atoms with E-state index in [9.17, 15) is 0 Å². The summed E-state index contributed by atoms with van der Waals surface area (Å²) in [5.41, 5.74) is 1.63. The van der Waals surface area contributed by atoms with Crippen LogP contribution in [-0.2, 0) is 0 Å². The van der Waals surface area contributed by atoms with Crippen molar-refractivity contribution in [3.63, 3.8) is 0 Å². The molecule has 0 saturated carbocycles. The highest BCUT2D eigenvalue weighted by Crippen LogP contribution is 2.18. The lowest BCUT2D eigenvalue weighted by Crippen LogP contribution is -1.92. The van der Waals surface area contributed by atoms with Crippen molar-refractivity contribution in [1.82, 2.24) is 9.97 Å². The molecule has 1 aromatic heterocycles. The molecule has 0 unspecified atom stereocenters. The number of benzene rings is 1. The minimum absolute atomic E-state index is 0.0152. The molecule has 0 bridgehead atoms. The predicted molar refractivity (Wildman–Crippen MR) is 70.4 cm³/mol. The molecule has 19 heavy (non-hydrogen) atoms. The Kier molecular flexibility index (Phi) is 3.84. The molecule has 1 N–H and O–H groups in total. The Morgan fingerprint density at radius 1 is 1.11 bits per heavy atom. The Hall–Kier alpha value is -3.18. The van der Waals surface area contributed by atoms with Crippen molar-refractivity contribution in [2.75, 3.05) is 5.32 Å². The quantitative estimate of drug-likeness (QED) is 0.842. The van der Waals surface area contributed by atoms with Gasteiger partial charge in [-0.2, -0.15) is 10.5 Å². The van der Waals surface area contributed by atoms with Crippen LogP contribution < -0.4 is 5.32 Å². The molecule has 2 rings (SSSR count). The monoisotopic (exact) mass is 247 g/mol. The second-order valence-electron chi connectivity index (χ2n) is 3.58. The first-order chi connectivity index (χ1) is 9.33. The summed E-state index contributed by atoms with van der Waals surface area (Å²) in [6.07, 6.45) is 4.71. The number of allylic oxidation sites excluding steroid dienone is 1. The van der Waals surface area contributed by atoms with E-state index < -0.39 is 0 Å². The third-order valence-corrected chi connectivity index (χ3v) is 2.31. The van der Waals surface area contributed by atoms with Crippen LogP contribution in [0.25, 0.3) is 11.4 Å². The van der Waals surface area contributed by atoms with E-state index in [1.807, 2.05) is 24.3 Å². The topological polar surface area (TPSA) is 85.4 Å². The van der Waals surface area contributed by atoms with E-state index in [2.05, 4.69) is 15.3 Å². The van der Waals surface area contributed by atoms with Crippen LogP contribution in [0.3, 0.4) is 0 Å². The van der Waals surface area contributed by atoms with E-state index in [4.69, 9.17) is 10.5 Å². The van der Waals surface area contributed by atoms with Gasteiger partial charge in [0.2, 0.25) is 0 Å². The first kappa shape index (κ1) is 12.3. The highest BCUT2D eigenvalue weighted by molar-refractivity contribution is 5.63. The molecular formula is C14H9N5. The number of hydrogen-bond acceptors (Lipinski definition) is 5. The van der Waals surface area contributed by atoms with Crippen LogP contribution in [0.2, 0.25) is 0 Å². The number of hydrogen-bond donors (Lipinski definition) is 1. The number of anilines is 1. The molecular weight excluding hydrogens is 238 g/mol. The first-order valence-corrected chi connectivity index (χ1v) is 5.48. The van der Waals surface area contributed by atoms with Crippen molar-refractivity contribution in [2.45, 2.75) is 0 Å². The van der Waals surface area contributed by atoms with E-state index in [1.165, 1.54) is 6.20 Å². The van der Waals surface area contributed by atoms with Crippen LogP contribution >= 0.6 is 0 Å². The number of nitrogens with zero attached hydrogens (tertiary/aromatic N) is 4. The second-order valence-corrected chi connectivity index (χ2v) is 3.58. The fourth-order valence-electron chi connectivity index (χ4n) is 1.44. The molecule has 0 fully saturated rings. The lowest BCUT2D eigenvalue weighted by atomic mass is 10.2. The number of aromatic nitrogens is 2. The minimum atomic E-state index is 0.0152. The third kappa shape index (κ3) is 3.15. The predicted octanol–water partition coefficient (Wildman–Crippen LogP) is 2.49. The summed E-state index contributed by atoms with van der Waals surface area (Å²) < 4.78 is 0. The van der Waals surface area contributed by atoms with Crippen LogP contribution in [0.1, 0.15) is 0 Å². The smallest absolute Gasteiger partial charge is 0.159 e. The van der Waals surface area contributed by atoms with Gasteiger partial charge in [0.25, 0.3) is 0 Å². The van der Waals surface area contributed by atoms with Crippen molar-refractivity contribution in [3.8, 4) is 23.5 Å². The molecule has 5 nitrogen and oxygen atoms in total. The van der Waals surface area contributed by atoms with Crippen molar-refractivity contribution < 1.29 is 0 Å². The average Bonchev–Trinajstić information content (AvgIpc) is 2.49. The van der Waals surface area contributed by atoms with E-state index in [1.54, 1.807) is 30.6 Å². The minimum Gasteiger partial charge on any atom is -0.360 e. The Bertz CT molecular complexity index is 661. The number of nitrogens with one attached hydrogen (secondary N) is 1. The van der Waals surface area contributed by atoms with Gasteiger partial charge in [-0.25, -0.2) is 9.97 Å². The summed E-state index contributed by atoms with van der Waals surface area (Å²) in [6, 6.07) is 12.7. The summed E-state index contributed by atoms with van der Waals surface area (Å²) in [4.78, 5) is 8.32. The highest BCUT2D eigenvalue weighted by atomic mass is 14.9. The number of nitriles is 2. The highest BCUT2D eigenvalue weighted by Gasteiger charge is 2.00. The summed E-state index contributed by atoms with van der Waals surface area (Å²) >= 11 is 0. The van der Waals surface area contributed by atoms with Gasteiger partial charge in [0.05, 0.1) is 0 Å². The van der Waals surface area contributed by atoms with E-state index in [0.717, 1.165) is 11.3 Å². The van der Waals surface area contributed by atoms with Crippen molar-refractivity contribution in [3.05, 3.63) is 54.5 Å². The van der Waals surface area contributed by atoms with E-state index in [-0.39, 0.29) is 5.57 Å². The molecule has 0 aliphatic rings. The summed E-state index contributed by atoms with van der Waals surface area (Å²) in [5.74, 6) is 0.621. The first-order valence-electron chi connectivity index (χ1n) is 5.48. The molecule has 1 aromatic carbocycles. The summed E-state index contributed by atoms with van der Waals surface area (Å²) in [7, 11) is 0. The molecule has 0 aliphatic carbocycles. The van der Waals surface area contributed by atoms with Crippen molar-refractivity contribution in [2.24, 2.45) is 0 Å². The Labute approximate surface area is 110 Å². The maximum atomic E-state index is 8.64. The van der Waals surface area contributed by atoms with Crippen LogP contribution in [0, 0.1) is 22.7 Å². The third-order valence-electron chi connectivity index (χ3n) is 2.31. The summed E-state index contributed by atoms with van der Waals surface area (Å²) in [5, 5.41) is 20.2. The second kappa shape index (κ2) is 5.95. The Morgan fingerprint density at radius 3 is 2.53 bits per heavy atom. The molecule has 0 atom stereocenters. The number of rotatable bonds is 3. The molecule has 0 amide bonds. The average molecular weight is 247 g/mol. The Balaban J connectivity index is 2.24. The lowest BCUT2D eigenvalue weighted by Gasteiger charge is -2.03. The molecule has 0 spiro atoms. The largest absolute Gasteiger partial charge is 0.360 e. The van der Waals surface area contributed by atoms with Gasteiger partial charge in [-0.15, -0.1) is 0 Å². The van der Waals surface area contributed by atoms with Crippen molar-refractivity contribution >= 4 is 5.69 Å². The molecule has 5 heteroatoms. The van der Waals surface area contributed by atoms with Crippen molar-refractivity contribution in [1.29, 1.82) is 10.5 Å². The molecule has 2 aromatic rings. The van der Waals surface area contributed by atoms with Gasteiger partial charge in [0.1, 0.15) is 17.7 Å². The lowest BCUT2D eigenvalue weighted by molar-refractivity contribution is 1.18. The fraction of sp³-hybridized carbons (Fsp3) is 0. The fourth-order valence-corrected chi connectivity index (χ4v) is 1.44. The standard InChI is InChI=1S/C14H9N5/c15-8-11(9-16)10-19-13-4-1-3-12(7-13)14-17-5-2-6-18-14/h1-7,10,19H. The molecule has 1 heterocycles. The van der Waals surface area contributed by atoms with Crippen LogP contribution in [0.15, 0.2) is 54.5 Å². The molecule has 0 aliphatic heterocycles. The normalized spacial score (nSPS) is 8.95. The zero-order valence-corrected chi connectivity index (χ0v) is 9.91. The van der Waals surface area contributed by atoms with Gasteiger partial charge in [-0.1, -0.05) is 12.1 Å². The molecule has 90 valence electrons.